The number of halogens is 1. The van der Waals surface area contributed by atoms with Crippen LogP contribution in [0.3, 0.4) is 0 Å². The molecule has 2 aromatic carbocycles. The van der Waals surface area contributed by atoms with Gasteiger partial charge in [0.05, 0.1) is 17.5 Å². The Hall–Kier alpha value is -3.36. The number of aryl methyl sites for hydroxylation is 1. The number of rotatable bonds is 6. The molecule has 9 heteroatoms. The van der Waals surface area contributed by atoms with Crippen LogP contribution in [0.4, 0.5) is 10.1 Å². The van der Waals surface area contributed by atoms with Gasteiger partial charge in [-0.05, 0) is 31.5 Å². The predicted octanol–water partition coefficient (Wildman–Crippen LogP) is 3.73. The van der Waals surface area contributed by atoms with Crippen molar-refractivity contribution >= 4 is 12.0 Å². The molecule has 1 aliphatic rings. The Labute approximate surface area is 155 Å². The minimum absolute atomic E-state index is 0.0311. The van der Waals surface area contributed by atoms with Gasteiger partial charge < -0.3 is 0 Å². The highest BCUT2D eigenvalue weighted by atomic mass is 19.1. The molecule has 2 unspecified atom stereocenters. The van der Waals surface area contributed by atoms with E-state index < -0.39 is 17.1 Å². The number of carbonyl (C=O) groups is 1. The van der Waals surface area contributed by atoms with E-state index in [1.807, 2.05) is 0 Å². The Morgan fingerprint density at radius 3 is 2.67 bits per heavy atom. The van der Waals surface area contributed by atoms with Gasteiger partial charge in [0.1, 0.15) is 5.82 Å². The molecule has 0 fully saturated rings. The number of hydrogen-bond donors (Lipinski definition) is 0. The van der Waals surface area contributed by atoms with Crippen LogP contribution in [0.1, 0.15) is 29.7 Å². The standard InChI is InChI=1S/C18H18FN5O3/c1-12-9-14(7-8-17(12)24(26)27)10-22-18(11-25)23(21-20-22)13(2)15-5-3-4-6-16(15)19/h3-9,11,13,18H,10H2,1-2H3. The lowest BCUT2D eigenvalue weighted by atomic mass is 10.1. The summed E-state index contributed by atoms with van der Waals surface area (Å²) < 4.78 is 14.1. The van der Waals surface area contributed by atoms with Crippen molar-refractivity contribution in [1.29, 1.82) is 0 Å². The molecular formula is C18H18FN5O3. The number of hydrogen-bond acceptors (Lipinski definition) is 7. The Morgan fingerprint density at radius 2 is 2.04 bits per heavy atom. The highest BCUT2D eigenvalue weighted by Crippen LogP contribution is 2.30. The van der Waals surface area contributed by atoms with E-state index in [1.165, 1.54) is 22.2 Å². The van der Waals surface area contributed by atoms with Crippen LogP contribution in [-0.4, -0.2) is 27.4 Å². The average molecular weight is 371 g/mol. The first-order chi connectivity index (χ1) is 12.9. The number of nitrogens with zero attached hydrogens (tertiary/aromatic N) is 5. The fraction of sp³-hybridized carbons (Fsp3) is 0.278. The predicted molar refractivity (Wildman–Crippen MR) is 94.7 cm³/mol. The van der Waals surface area contributed by atoms with E-state index in [0.29, 0.717) is 17.4 Å². The average Bonchev–Trinajstić information content (AvgIpc) is 3.03. The normalized spacial score (nSPS) is 17.2. The van der Waals surface area contributed by atoms with Crippen LogP contribution in [-0.2, 0) is 11.3 Å². The van der Waals surface area contributed by atoms with Crippen LogP contribution >= 0.6 is 0 Å². The molecule has 2 atom stereocenters. The van der Waals surface area contributed by atoms with Crippen molar-refractivity contribution in [3.05, 3.63) is 75.1 Å². The van der Waals surface area contributed by atoms with Gasteiger partial charge in [-0.3, -0.25) is 14.9 Å². The molecule has 0 aromatic heterocycles. The third kappa shape index (κ3) is 3.62. The van der Waals surface area contributed by atoms with Crippen molar-refractivity contribution in [3.63, 3.8) is 0 Å². The van der Waals surface area contributed by atoms with Crippen LogP contribution in [0, 0.1) is 22.9 Å². The highest BCUT2D eigenvalue weighted by molar-refractivity contribution is 5.57. The SMILES string of the molecule is Cc1cc(CN2N=NN(C(C)c3ccccc3F)C2C=O)ccc1[N+](=O)[O-]. The van der Waals surface area contributed by atoms with E-state index in [4.69, 9.17) is 0 Å². The van der Waals surface area contributed by atoms with Gasteiger partial charge in [0, 0.05) is 17.2 Å². The number of nitro benzene ring substituents is 1. The summed E-state index contributed by atoms with van der Waals surface area (Å²) in [7, 11) is 0. The van der Waals surface area contributed by atoms with E-state index in [-0.39, 0.29) is 18.0 Å². The van der Waals surface area contributed by atoms with Crippen LogP contribution in [0.25, 0.3) is 0 Å². The maximum absolute atomic E-state index is 14.1. The second-order valence-electron chi connectivity index (χ2n) is 6.28. The number of benzene rings is 2. The number of nitro groups is 1. The fourth-order valence-corrected chi connectivity index (χ4v) is 3.07. The summed E-state index contributed by atoms with van der Waals surface area (Å²) in [6.45, 7) is 3.64. The molecule has 140 valence electrons. The van der Waals surface area contributed by atoms with Gasteiger partial charge in [0.2, 0.25) is 0 Å². The minimum atomic E-state index is -0.796. The summed E-state index contributed by atoms with van der Waals surface area (Å²) in [6.07, 6.45) is -0.106. The van der Waals surface area contributed by atoms with Gasteiger partial charge in [-0.15, -0.1) is 0 Å². The molecule has 8 nitrogen and oxygen atoms in total. The first kappa shape index (κ1) is 18.4. The second-order valence-corrected chi connectivity index (χ2v) is 6.28. The van der Waals surface area contributed by atoms with Gasteiger partial charge in [-0.2, -0.15) is 0 Å². The molecule has 0 saturated carbocycles. The summed E-state index contributed by atoms with van der Waals surface area (Å²) >= 11 is 0. The molecule has 0 bridgehead atoms. The van der Waals surface area contributed by atoms with Gasteiger partial charge in [0.15, 0.2) is 12.5 Å². The van der Waals surface area contributed by atoms with Crippen LogP contribution in [0.5, 0.6) is 0 Å². The molecule has 3 rings (SSSR count). The van der Waals surface area contributed by atoms with E-state index in [0.717, 1.165) is 5.56 Å². The first-order valence-electron chi connectivity index (χ1n) is 8.32. The maximum Gasteiger partial charge on any atom is 0.272 e. The molecular weight excluding hydrogens is 353 g/mol. The zero-order valence-corrected chi connectivity index (χ0v) is 14.8. The lowest BCUT2D eigenvalue weighted by Crippen LogP contribution is -2.40. The molecule has 2 aromatic rings. The van der Waals surface area contributed by atoms with Crippen LogP contribution in [0.2, 0.25) is 0 Å². The maximum atomic E-state index is 14.1. The summed E-state index contributed by atoms with van der Waals surface area (Å²) in [5.41, 5.74) is 1.72. The Balaban J connectivity index is 1.78. The second kappa shape index (κ2) is 7.48. The molecule has 0 aliphatic carbocycles. The molecule has 1 aliphatic heterocycles. The van der Waals surface area contributed by atoms with E-state index in [9.17, 15) is 19.3 Å². The molecule has 0 radical (unpaired) electrons. The largest absolute Gasteiger partial charge is 0.299 e. The zero-order chi connectivity index (χ0) is 19.6. The van der Waals surface area contributed by atoms with E-state index in [1.54, 1.807) is 44.2 Å². The Bertz CT molecular complexity index is 904. The van der Waals surface area contributed by atoms with Crippen molar-refractivity contribution in [1.82, 2.24) is 10.0 Å². The molecule has 27 heavy (non-hydrogen) atoms. The lowest BCUT2D eigenvalue weighted by Gasteiger charge is -2.28. The topological polar surface area (TPSA) is 91.4 Å². The fourth-order valence-electron chi connectivity index (χ4n) is 3.07. The first-order valence-corrected chi connectivity index (χ1v) is 8.32. The number of carbonyl (C=O) groups excluding carboxylic acids is 1. The van der Waals surface area contributed by atoms with Gasteiger partial charge in [0.25, 0.3) is 5.69 Å². The molecule has 0 spiro atoms. The van der Waals surface area contributed by atoms with Gasteiger partial charge in [-0.25, -0.2) is 14.4 Å². The summed E-state index contributed by atoms with van der Waals surface area (Å²) in [5, 5.41) is 21.9. The van der Waals surface area contributed by atoms with Crippen LogP contribution < -0.4 is 0 Å². The van der Waals surface area contributed by atoms with Crippen molar-refractivity contribution in [2.24, 2.45) is 10.4 Å². The third-order valence-corrected chi connectivity index (χ3v) is 4.51. The molecule has 0 amide bonds. The van der Waals surface area contributed by atoms with Crippen molar-refractivity contribution < 1.29 is 14.1 Å². The Kier molecular flexibility index (Phi) is 5.11. The Morgan fingerprint density at radius 1 is 1.30 bits per heavy atom. The highest BCUT2D eigenvalue weighted by Gasteiger charge is 2.34. The lowest BCUT2D eigenvalue weighted by molar-refractivity contribution is -0.385. The quantitative estimate of drug-likeness (QED) is 0.438. The van der Waals surface area contributed by atoms with Gasteiger partial charge in [-0.1, -0.05) is 34.7 Å². The summed E-state index contributed by atoms with van der Waals surface area (Å²) in [5.74, 6) is -0.380. The van der Waals surface area contributed by atoms with Crippen molar-refractivity contribution in [2.75, 3.05) is 0 Å². The molecule has 0 saturated heterocycles. The monoisotopic (exact) mass is 371 g/mol. The van der Waals surface area contributed by atoms with Crippen LogP contribution in [0.15, 0.2) is 52.9 Å². The van der Waals surface area contributed by atoms with E-state index in [2.05, 4.69) is 10.4 Å². The minimum Gasteiger partial charge on any atom is -0.299 e. The van der Waals surface area contributed by atoms with Crippen molar-refractivity contribution in [2.45, 2.75) is 32.6 Å². The molecule has 0 N–H and O–H groups in total. The third-order valence-electron chi connectivity index (χ3n) is 4.51. The van der Waals surface area contributed by atoms with Crippen molar-refractivity contribution in [3.8, 4) is 0 Å². The summed E-state index contributed by atoms with van der Waals surface area (Å²) in [4.78, 5) is 22.2. The zero-order valence-electron chi connectivity index (χ0n) is 14.8. The molecule has 1 heterocycles. The van der Waals surface area contributed by atoms with Gasteiger partial charge >= 0.3 is 0 Å². The summed E-state index contributed by atoms with van der Waals surface area (Å²) in [6, 6.07) is 10.5. The number of aldehydes is 1. The van der Waals surface area contributed by atoms with E-state index >= 15 is 0 Å². The smallest absolute Gasteiger partial charge is 0.272 e.